The summed E-state index contributed by atoms with van der Waals surface area (Å²) in [7, 11) is 1.83. The van der Waals surface area contributed by atoms with Crippen LogP contribution in [0.25, 0.3) is 16.5 Å². The van der Waals surface area contributed by atoms with Crippen LogP contribution in [-0.2, 0) is 9.59 Å². The van der Waals surface area contributed by atoms with Crippen molar-refractivity contribution in [2.75, 3.05) is 26.7 Å². The van der Waals surface area contributed by atoms with Gasteiger partial charge in [-0.05, 0) is 55.3 Å². The van der Waals surface area contributed by atoms with E-state index in [2.05, 4.69) is 23.2 Å². The molecule has 2 aliphatic rings. The molecule has 0 aliphatic carbocycles. The monoisotopic (exact) mass is 486 g/mol. The number of carbonyl (C=O) groups excluding carboxylic acids is 2. The Bertz CT molecular complexity index is 1280. The zero-order valence-corrected chi connectivity index (χ0v) is 20.2. The fourth-order valence-electron chi connectivity index (χ4n) is 5.30. The van der Waals surface area contributed by atoms with Crippen LogP contribution < -0.4 is 10.2 Å². The largest absolute Gasteiger partial charge is 0.489 e. The van der Waals surface area contributed by atoms with Crippen molar-refractivity contribution in [1.29, 1.82) is 0 Å². The molecule has 3 heterocycles. The van der Waals surface area contributed by atoms with E-state index >= 15 is 0 Å². The van der Waals surface area contributed by atoms with Crippen LogP contribution in [0.2, 0.25) is 0 Å². The van der Waals surface area contributed by atoms with E-state index in [4.69, 9.17) is 4.74 Å². The average molecular weight is 487 g/mol. The number of benzene rings is 2. The van der Waals surface area contributed by atoms with Gasteiger partial charge in [0.1, 0.15) is 17.9 Å². The highest BCUT2D eigenvalue weighted by atomic mass is 16.5. The molecule has 2 aromatic carbocycles. The van der Waals surface area contributed by atoms with Crippen LogP contribution in [0.4, 0.5) is 0 Å². The topological polar surface area (TPSA) is 95.0 Å². The Morgan fingerprint density at radius 3 is 2.69 bits per heavy atom. The minimum atomic E-state index is -0.743. The van der Waals surface area contributed by atoms with Crippen LogP contribution in [0.5, 0.6) is 5.75 Å². The van der Waals surface area contributed by atoms with E-state index < -0.39 is 17.9 Å². The van der Waals surface area contributed by atoms with E-state index in [9.17, 15) is 14.8 Å². The van der Waals surface area contributed by atoms with Crippen molar-refractivity contribution in [3.63, 3.8) is 0 Å². The fourth-order valence-corrected chi connectivity index (χ4v) is 5.30. The number of amides is 2. The lowest BCUT2D eigenvalue weighted by molar-refractivity contribution is -0.151. The number of carbonyl (C=O) groups is 2. The maximum absolute atomic E-state index is 13.6. The summed E-state index contributed by atoms with van der Waals surface area (Å²) in [5.74, 6) is -0.747. The highest BCUT2D eigenvalue weighted by molar-refractivity contribution is 5.90. The molecular weight excluding hydrogens is 456 g/mol. The second-order valence-corrected chi connectivity index (χ2v) is 9.43. The molecule has 1 saturated heterocycles. The molecule has 186 valence electrons. The van der Waals surface area contributed by atoms with Crippen LogP contribution in [0.15, 0.2) is 72.9 Å². The van der Waals surface area contributed by atoms with Crippen LogP contribution in [0, 0.1) is 5.92 Å². The minimum Gasteiger partial charge on any atom is -0.489 e. The van der Waals surface area contributed by atoms with Gasteiger partial charge in [-0.1, -0.05) is 42.5 Å². The van der Waals surface area contributed by atoms with Gasteiger partial charge in [0.25, 0.3) is 0 Å². The van der Waals surface area contributed by atoms with Gasteiger partial charge >= 0.3 is 0 Å². The van der Waals surface area contributed by atoms with Gasteiger partial charge in [-0.15, -0.1) is 0 Å². The molecule has 0 saturated carbocycles. The predicted octanol–water partition coefficient (Wildman–Crippen LogP) is 3.12. The Labute approximate surface area is 210 Å². The molecule has 3 atom stereocenters. The van der Waals surface area contributed by atoms with Crippen molar-refractivity contribution >= 4 is 28.3 Å². The zero-order chi connectivity index (χ0) is 25.1. The van der Waals surface area contributed by atoms with Gasteiger partial charge in [0.05, 0.1) is 11.4 Å². The predicted molar refractivity (Wildman–Crippen MR) is 136 cm³/mol. The first kappa shape index (κ1) is 24.0. The molecule has 0 spiro atoms. The summed E-state index contributed by atoms with van der Waals surface area (Å²) in [5, 5.41) is 10.4. The summed E-state index contributed by atoms with van der Waals surface area (Å²) in [5.41, 5.74) is 5.03. The van der Waals surface area contributed by atoms with Crippen LogP contribution >= 0.6 is 0 Å². The van der Waals surface area contributed by atoms with Gasteiger partial charge < -0.3 is 9.64 Å². The number of rotatable bonds is 5. The number of hydrogen-bond donors (Lipinski definition) is 2. The molecule has 5 rings (SSSR count). The normalized spacial score (nSPS) is 22.7. The quantitative estimate of drug-likeness (QED) is 0.425. The van der Waals surface area contributed by atoms with E-state index in [1.807, 2.05) is 60.5 Å². The summed E-state index contributed by atoms with van der Waals surface area (Å²) < 4.78 is 6.23. The number of likely N-dealkylation sites (tertiary alicyclic amines) is 1. The van der Waals surface area contributed by atoms with Gasteiger partial charge in [0.15, 0.2) is 0 Å². The van der Waals surface area contributed by atoms with Crippen molar-refractivity contribution in [1.82, 2.24) is 20.3 Å². The molecule has 8 nitrogen and oxygen atoms in total. The standard InChI is InChI=1S/C28H30N4O4/c1-31-18-23(36-22-9-10-25-21(16-22)8-5-13-29-25)17-24(27(33)30-35)26(31)28(34)32-14-11-20(12-15-32)19-6-3-2-4-7-19/h2-11,13,16,23-24,26,35H,12,14-15,17-18H2,1H3,(H,30,33)/t23-,24?,26?/m0/s1. The minimum absolute atomic E-state index is 0.107. The maximum atomic E-state index is 13.6. The summed E-state index contributed by atoms with van der Waals surface area (Å²) in [4.78, 5) is 34.3. The van der Waals surface area contributed by atoms with Crippen molar-refractivity contribution < 1.29 is 19.5 Å². The van der Waals surface area contributed by atoms with Crippen molar-refractivity contribution in [3.05, 3.63) is 78.5 Å². The number of hydroxylamine groups is 1. The number of fused-ring (bicyclic) bond motifs is 1. The van der Waals surface area contributed by atoms with Gasteiger partial charge in [0.2, 0.25) is 11.8 Å². The third-order valence-electron chi connectivity index (χ3n) is 7.11. The molecule has 2 aliphatic heterocycles. The van der Waals surface area contributed by atoms with Crippen LogP contribution in [-0.4, -0.2) is 70.6 Å². The van der Waals surface area contributed by atoms with Gasteiger partial charge in [-0.3, -0.25) is 24.7 Å². The van der Waals surface area contributed by atoms with Gasteiger partial charge in [-0.25, -0.2) is 5.48 Å². The number of aromatic nitrogens is 1. The first-order valence-corrected chi connectivity index (χ1v) is 12.2. The van der Waals surface area contributed by atoms with E-state index in [1.54, 1.807) is 16.6 Å². The average Bonchev–Trinajstić information content (AvgIpc) is 2.92. The Morgan fingerprint density at radius 1 is 1.11 bits per heavy atom. The summed E-state index contributed by atoms with van der Waals surface area (Å²) in [6.45, 7) is 1.56. The molecule has 1 aromatic heterocycles. The first-order chi connectivity index (χ1) is 17.5. The molecule has 1 fully saturated rings. The Kier molecular flexibility index (Phi) is 6.97. The third-order valence-corrected chi connectivity index (χ3v) is 7.11. The highest BCUT2D eigenvalue weighted by Gasteiger charge is 2.45. The number of nitrogens with one attached hydrogen (secondary N) is 1. The smallest absolute Gasteiger partial charge is 0.248 e. The molecule has 0 radical (unpaired) electrons. The molecule has 0 bridgehead atoms. The first-order valence-electron chi connectivity index (χ1n) is 12.2. The number of hydrogen-bond acceptors (Lipinski definition) is 6. The number of pyridine rings is 1. The van der Waals surface area contributed by atoms with Crippen molar-refractivity contribution in [2.24, 2.45) is 5.92 Å². The molecule has 2 unspecified atom stereocenters. The Balaban J connectivity index is 1.30. The SMILES string of the molecule is CN1C[C@@H](Oc2ccc3ncccc3c2)CC(C(=O)NO)C1C(=O)N1CC=C(c2ccccc2)CC1. The second kappa shape index (κ2) is 10.5. The maximum Gasteiger partial charge on any atom is 0.248 e. The lowest BCUT2D eigenvalue weighted by atomic mass is 9.86. The number of likely N-dealkylation sites (N-methyl/N-ethyl adjacent to an activating group) is 1. The molecular formula is C28H30N4O4. The third kappa shape index (κ3) is 4.96. The van der Waals surface area contributed by atoms with Gasteiger partial charge in [-0.2, -0.15) is 0 Å². The number of piperidine rings is 1. The fraction of sp³-hybridized carbons (Fsp3) is 0.321. The van der Waals surface area contributed by atoms with Gasteiger partial charge in [0, 0.05) is 31.2 Å². The summed E-state index contributed by atoms with van der Waals surface area (Å²) >= 11 is 0. The number of nitrogens with zero attached hydrogens (tertiary/aromatic N) is 3. The van der Waals surface area contributed by atoms with E-state index in [0.717, 1.165) is 17.3 Å². The molecule has 36 heavy (non-hydrogen) atoms. The van der Waals surface area contributed by atoms with E-state index in [1.165, 1.54) is 11.1 Å². The summed E-state index contributed by atoms with van der Waals surface area (Å²) in [6.07, 6.45) is 4.58. The highest BCUT2D eigenvalue weighted by Crippen LogP contribution is 2.30. The molecule has 8 heteroatoms. The second-order valence-electron chi connectivity index (χ2n) is 9.43. The van der Waals surface area contributed by atoms with Crippen LogP contribution in [0.1, 0.15) is 18.4 Å². The van der Waals surface area contributed by atoms with Crippen LogP contribution in [0.3, 0.4) is 0 Å². The lowest BCUT2D eigenvalue weighted by Crippen LogP contribution is -2.60. The number of ether oxygens (including phenoxy) is 1. The summed E-state index contributed by atoms with van der Waals surface area (Å²) in [6, 6.07) is 19.0. The van der Waals surface area contributed by atoms with E-state index in [-0.39, 0.29) is 12.0 Å². The molecule has 3 aromatic rings. The lowest BCUT2D eigenvalue weighted by Gasteiger charge is -2.43. The molecule has 2 amide bonds. The van der Waals surface area contributed by atoms with Crippen molar-refractivity contribution in [2.45, 2.75) is 25.0 Å². The Morgan fingerprint density at radius 2 is 1.94 bits per heavy atom. The zero-order valence-electron chi connectivity index (χ0n) is 20.2. The molecule has 2 N–H and O–H groups in total. The Hall–Kier alpha value is -3.75. The van der Waals surface area contributed by atoms with E-state index in [0.29, 0.717) is 31.8 Å². The van der Waals surface area contributed by atoms with Crippen molar-refractivity contribution in [3.8, 4) is 5.75 Å².